The molecule has 0 aliphatic carbocycles. The topological polar surface area (TPSA) is 72.0 Å². The molecule has 7 heteroatoms. The number of rotatable bonds is 4. The van der Waals surface area contributed by atoms with Crippen molar-refractivity contribution >= 4 is 18.0 Å². The lowest BCUT2D eigenvalue weighted by atomic mass is 10.1. The zero-order chi connectivity index (χ0) is 21.7. The molecule has 1 fully saturated rings. The van der Waals surface area contributed by atoms with Crippen LogP contribution in [0.3, 0.4) is 0 Å². The SMILES string of the molecule is CN(C(=O)OC(C)(C)C)c1ncccc1[C@H]1CCCN1C(=O)OCc1ccccc1. The van der Waals surface area contributed by atoms with Gasteiger partial charge in [0.1, 0.15) is 18.0 Å². The molecule has 1 atom stereocenters. The molecule has 30 heavy (non-hydrogen) atoms. The van der Waals surface area contributed by atoms with E-state index >= 15 is 0 Å². The summed E-state index contributed by atoms with van der Waals surface area (Å²) in [6, 6.07) is 13.1. The summed E-state index contributed by atoms with van der Waals surface area (Å²) in [5.41, 5.74) is 1.13. The van der Waals surface area contributed by atoms with Gasteiger partial charge in [0.2, 0.25) is 0 Å². The highest BCUT2D eigenvalue weighted by atomic mass is 16.6. The van der Waals surface area contributed by atoms with Gasteiger partial charge in [-0.2, -0.15) is 0 Å². The molecule has 0 saturated carbocycles. The van der Waals surface area contributed by atoms with Crippen molar-refractivity contribution < 1.29 is 19.1 Å². The Hall–Kier alpha value is -3.09. The van der Waals surface area contributed by atoms with Crippen LogP contribution in [0.1, 0.15) is 50.8 Å². The molecule has 2 aromatic rings. The summed E-state index contributed by atoms with van der Waals surface area (Å²) in [5, 5.41) is 0. The molecule has 2 amide bonds. The van der Waals surface area contributed by atoms with E-state index in [2.05, 4.69) is 4.98 Å². The zero-order valence-corrected chi connectivity index (χ0v) is 18.0. The molecule has 160 valence electrons. The Bertz CT molecular complexity index is 880. The predicted octanol–water partition coefficient (Wildman–Crippen LogP) is 4.93. The maximum Gasteiger partial charge on any atom is 0.415 e. The van der Waals surface area contributed by atoms with Crippen molar-refractivity contribution in [3.8, 4) is 0 Å². The van der Waals surface area contributed by atoms with Crippen molar-refractivity contribution in [2.45, 2.75) is 51.9 Å². The van der Waals surface area contributed by atoms with Gasteiger partial charge in [0.05, 0.1) is 6.04 Å². The number of anilines is 1. The largest absolute Gasteiger partial charge is 0.445 e. The van der Waals surface area contributed by atoms with E-state index in [0.717, 1.165) is 24.0 Å². The number of benzene rings is 1. The molecule has 0 spiro atoms. The lowest BCUT2D eigenvalue weighted by Gasteiger charge is -2.29. The first kappa shape index (κ1) is 21.6. The monoisotopic (exact) mass is 411 g/mol. The van der Waals surface area contributed by atoms with Crippen LogP contribution < -0.4 is 4.90 Å². The van der Waals surface area contributed by atoms with Crippen molar-refractivity contribution in [1.82, 2.24) is 9.88 Å². The van der Waals surface area contributed by atoms with Crippen LogP contribution in [-0.2, 0) is 16.1 Å². The molecule has 1 aliphatic rings. The number of carbonyl (C=O) groups excluding carboxylic acids is 2. The Balaban J connectivity index is 1.76. The van der Waals surface area contributed by atoms with Crippen molar-refractivity contribution in [3.05, 3.63) is 59.8 Å². The minimum atomic E-state index is -0.610. The fourth-order valence-electron chi connectivity index (χ4n) is 3.48. The van der Waals surface area contributed by atoms with Gasteiger partial charge in [0.15, 0.2) is 0 Å². The normalized spacial score (nSPS) is 16.3. The first-order valence-corrected chi connectivity index (χ1v) is 10.2. The number of amides is 2. The third kappa shape index (κ3) is 5.28. The predicted molar refractivity (Wildman–Crippen MR) is 114 cm³/mol. The maximum absolute atomic E-state index is 12.8. The third-order valence-corrected chi connectivity index (χ3v) is 4.85. The summed E-state index contributed by atoms with van der Waals surface area (Å²) < 4.78 is 11.0. The minimum Gasteiger partial charge on any atom is -0.445 e. The van der Waals surface area contributed by atoms with E-state index in [1.807, 2.05) is 63.2 Å². The van der Waals surface area contributed by atoms with E-state index in [1.54, 1.807) is 18.1 Å². The average molecular weight is 412 g/mol. The summed E-state index contributed by atoms with van der Waals surface area (Å²) >= 11 is 0. The van der Waals surface area contributed by atoms with Gasteiger partial charge >= 0.3 is 12.2 Å². The Morgan fingerprint density at radius 3 is 2.60 bits per heavy atom. The number of carbonyl (C=O) groups is 2. The van der Waals surface area contributed by atoms with Gasteiger partial charge < -0.3 is 14.4 Å². The third-order valence-electron chi connectivity index (χ3n) is 4.85. The van der Waals surface area contributed by atoms with Crippen LogP contribution in [-0.4, -0.2) is 41.3 Å². The van der Waals surface area contributed by atoms with Crippen molar-refractivity contribution in [1.29, 1.82) is 0 Å². The average Bonchev–Trinajstić information content (AvgIpc) is 3.21. The Morgan fingerprint density at radius 2 is 1.90 bits per heavy atom. The van der Waals surface area contributed by atoms with Crippen LogP contribution in [0.25, 0.3) is 0 Å². The summed E-state index contributed by atoms with van der Waals surface area (Å²) in [5.74, 6) is 0.486. The van der Waals surface area contributed by atoms with Gasteiger partial charge in [-0.1, -0.05) is 36.4 Å². The van der Waals surface area contributed by atoms with Crippen LogP contribution in [0.15, 0.2) is 48.7 Å². The number of pyridine rings is 1. The molecular weight excluding hydrogens is 382 g/mol. The van der Waals surface area contributed by atoms with Gasteiger partial charge in [-0.25, -0.2) is 14.6 Å². The fourth-order valence-corrected chi connectivity index (χ4v) is 3.48. The van der Waals surface area contributed by atoms with Crippen molar-refractivity contribution in [2.75, 3.05) is 18.5 Å². The molecular formula is C23H29N3O4. The number of aromatic nitrogens is 1. The van der Waals surface area contributed by atoms with Gasteiger partial charge in [-0.05, 0) is 45.2 Å². The highest BCUT2D eigenvalue weighted by Crippen LogP contribution is 2.36. The second-order valence-electron chi connectivity index (χ2n) is 8.35. The second kappa shape index (κ2) is 9.15. The standard InChI is InChI=1S/C23H29N3O4/c1-23(2,3)30-21(27)25(4)20-18(12-8-14-24-20)19-13-9-15-26(19)22(28)29-16-17-10-6-5-7-11-17/h5-8,10-12,14,19H,9,13,15-16H2,1-4H3/t19-/m1/s1. The van der Waals surface area contributed by atoms with Crippen molar-refractivity contribution in [2.24, 2.45) is 0 Å². The van der Waals surface area contributed by atoms with Gasteiger partial charge in [0, 0.05) is 25.4 Å². The quantitative estimate of drug-likeness (QED) is 0.714. The Kier molecular flexibility index (Phi) is 6.59. The van der Waals surface area contributed by atoms with E-state index in [9.17, 15) is 9.59 Å². The van der Waals surface area contributed by atoms with Crippen LogP contribution >= 0.6 is 0 Å². The first-order valence-electron chi connectivity index (χ1n) is 10.2. The molecule has 1 aromatic heterocycles. The lowest BCUT2D eigenvalue weighted by molar-refractivity contribution is 0.0588. The summed E-state index contributed by atoms with van der Waals surface area (Å²) in [6.07, 6.45) is 2.42. The van der Waals surface area contributed by atoms with E-state index in [4.69, 9.17) is 9.47 Å². The first-order chi connectivity index (χ1) is 14.3. The van der Waals surface area contributed by atoms with Crippen LogP contribution in [0.4, 0.5) is 15.4 Å². The summed E-state index contributed by atoms with van der Waals surface area (Å²) in [7, 11) is 1.63. The van der Waals surface area contributed by atoms with Crippen LogP contribution in [0, 0.1) is 0 Å². The number of hydrogen-bond acceptors (Lipinski definition) is 5. The molecule has 0 bridgehead atoms. The highest BCUT2D eigenvalue weighted by Gasteiger charge is 2.34. The van der Waals surface area contributed by atoms with Gasteiger partial charge in [-0.15, -0.1) is 0 Å². The van der Waals surface area contributed by atoms with E-state index < -0.39 is 11.7 Å². The molecule has 1 saturated heterocycles. The Morgan fingerprint density at radius 1 is 1.17 bits per heavy atom. The number of ether oxygens (including phenoxy) is 2. The molecule has 0 unspecified atom stereocenters. The Labute approximate surface area is 177 Å². The zero-order valence-electron chi connectivity index (χ0n) is 18.0. The molecule has 1 aliphatic heterocycles. The smallest absolute Gasteiger partial charge is 0.415 e. The number of likely N-dealkylation sites (tertiary alicyclic amines) is 1. The van der Waals surface area contributed by atoms with Crippen LogP contribution in [0.5, 0.6) is 0 Å². The molecule has 0 radical (unpaired) electrons. The lowest BCUT2D eigenvalue weighted by Crippen LogP contribution is -2.36. The van der Waals surface area contributed by atoms with E-state index in [1.165, 1.54) is 4.90 Å². The molecule has 7 nitrogen and oxygen atoms in total. The summed E-state index contributed by atoms with van der Waals surface area (Å²) in [6.45, 7) is 6.28. The maximum atomic E-state index is 12.8. The number of hydrogen-bond donors (Lipinski definition) is 0. The fraction of sp³-hybridized carbons (Fsp3) is 0.435. The molecule has 1 aromatic carbocycles. The van der Waals surface area contributed by atoms with Gasteiger partial charge in [-0.3, -0.25) is 4.90 Å². The van der Waals surface area contributed by atoms with E-state index in [-0.39, 0.29) is 18.7 Å². The second-order valence-corrected chi connectivity index (χ2v) is 8.35. The number of nitrogens with zero attached hydrogens (tertiary/aromatic N) is 3. The van der Waals surface area contributed by atoms with Gasteiger partial charge in [0.25, 0.3) is 0 Å². The molecule has 2 heterocycles. The molecule has 0 N–H and O–H groups in total. The molecule has 3 rings (SSSR count). The highest BCUT2D eigenvalue weighted by molar-refractivity contribution is 5.87. The van der Waals surface area contributed by atoms with E-state index in [0.29, 0.717) is 12.4 Å². The van der Waals surface area contributed by atoms with Crippen LogP contribution in [0.2, 0.25) is 0 Å². The summed E-state index contributed by atoms with van der Waals surface area (Å²) in [4.78, 5) is 32.9. The minimum absolute atomic E-state index is 0.207. The van der Waals surface area contributed by atoms with Crippen molar-refractivity contribution in [3.63, 3.8) is 0 Å².